The minimum Gasteiger partial charge on any atom is -0.396 e. The van der Waals surface area contributed by atoms with E-state index in [0.29, 0.717) is 13.0 Å². The highest BCUT2D eigenvalue weighted by molar-refractivity contribution is 5.85. The monoisotopic (exact) mass is 422 g/mol. The van der Waals surface area contributed by atoms with Gasteiger partial charge in [0.2, 0.25) is 0 Å². The molecule has 0 aliphatic rings. The van der Waals surface area contributed by atoms with E-state index in [1.807, 2.05) is 0 Å². The second-order valence-electron chi connectivity index (χ2n) is 7.45. The Kier molecular flexibility index (Phi) is 17.1. The van der Waals surface area contributed by atoms with Crippen molar-refractivity contribution < 1.29 is 25.5 Å². The summed E-state index contributed by atoms with van der Waals surface area (Å²) in [6, 6.07) is 0. The lowest BCUT2D eigenvalue weighted by Gasteiger charge is -2.52. The molecular weight excluding hydrogens is 383 g/mol. The number of rotatable bonds is 13. The van der Waals surface area contributed by atoms with Crippen LogP contribution in [-0.4, -0.2) is 74.2 Å². The van der Waals surface area contributed by atoms with Gasteiger partial charge in [-0.05, 0) is 66.3 Å². The first-order chi connectivity index (χ1) is 11.0. The molecule has 4 atom stereocenters. The lowest BCUT2D eigenvalue weighted by molar-refractivity contribution is -0.00605. The van der Waals surface area contributed by atoms with Crippen LogP contribution in [0.3, 0.4) is 0 Å². The zero-order chi connectivity index (χ0) is 19.0. The number of aliphatic hydroxyl groups is 5. The minimum atomic E-state index is -1.04. The largest absolute Gasteiger partial charge is 0.396 e. The molecule has 0 rings (SSSR count). The number of hydrogen-bond donors (Lipinski definition) is 7. The van der Waals surface area contributed by atoms with Crippen molar-refractivity contribution >= 4 is 24.8 Å². The van der Waals surface area contributed by atoms with Crippen molar-refractivity contribution in [1.29, 1.82) is 0 Å². The van der Waals surface area contributed by atoms with Crippen LogP contribution < -0.4 is 11.1 Å². The lowest BCUT2D eigenvalue weighted by Crippen LogP contribution is -2.71. The van der Waals surface area contributed by atoms with Gasteiger partial charge in [-0.3, -0.25) is 0 Å². The molecule has 162 valence electrons. The quantitative estimate of drug-likeness (QED) is 0.212. The third-order valence-electron chi connectivity index (χ3n) is 4.36. The summed E-state index contributed by atoms with van der Waals surface area (Å²) in [5.74, 6) is 0. The molecule has 0 heterocycles. The molecule has 0 fully saturated rings. The molecule has 7 nitrogen and oxygen atoms in total. The van der Waals surface area contributed by atoms with Crippen molar-refractivity contribution in [3.05, 3.63) is 0 Å². The summed E-state index contributed by atoms with van der Waals surface area (Å²) in [6.07, 6.45) is -1.31. The molecule has 0 spiro atoms. The molecule has 0 aliphatic carbocycles. The Balaban J connectivity index is -0.00000264. The molecule has 0 saturated heterocycles. The van der Waals surface area contributed by atoms with E-state index in [0.717, 1.165) is 0 Å². The molecule has 0 aromatic heterocycles. The normalized spacial score (nSPS) is 20.5. The molecule has 8 N–H and O–H groups in total. The molecule has 4 unspecified atom stereocenters. The Morgan fingerprint density at radius 2 is 1.12 bits per heavy atom. The van der Waals surface area contributed by atoms with Gasteiger partial charge in [-0.2, -0.15) is 0 Å². The molecule has 0 radical (unpaired) electrons. The Morgan fingerprint density at radius 3 is 1.38 bits per heavy atom. The van der Waals surface area contributed by atoms with Gasteiger partial charge in [0.25, 0.3) is 0 Å². The van der Waals surface area contributed by atoms with Crippen LogP contribution in [0.15, 0.2) is 0 Å². The van der Waals surface area contributed by atoms with Crippen molar-refractivity contribution in [2.45, 2.75) is 95.3 Å². The maximum absolute atomic E-state index is 10.0. The predicted octanol–water partition coefficient (Wildman–Crippen LogP) is 0.322. The van der Waals surface area contributed by atoms with Gasteiger partial charge in [0.1, 0.15) is 0 Å². The van der Waals surface area contributed by atoms with Crippen molar-refractivity contribution in [2.24, 2.45) is 5.73 Å². The van der Waals surface area contributed by atoms with Crippen LogP contribution in [0.1, 0.15) is 59.8 Å². The highest BCUT2D eigenvalue weighted by Gasteiger charge is 2.50. The Hall–Kier alpha value is 0.300. The van der Waals surface area contributed by atoms with E-state index in [1.54, 1.807) is 27.7 Å². The molecular formula is C17H40Cl2N2O5. The van der Waals surface area contributed by atoms with Gasteiger partial charge in [0.15, 0.2) is 0 Å². The minimum absolute atomic E-state index is 0. The fourth-order valence-corrected chi connectivity index (χ4v) is 3.75. The van der Waals surface area contributed by atoms with Crippen LogP contribution in [0, 0.1) is 0 Å². The first-order valence-corrected chi connectivity index (χ1v) is 8.85. The number of hydrogen-bond acceptors (Lipinski definition) is 7. The van der Waals surface area contributed by atoms with Gasteiger partial charge in [-0.15, -0.1) is 24.8 Å². The van der Waals surface area contributed by atoms with Crippen LogP contribution in [0.2, 0.25) is 0 Å². The number of aliphatic hydroxyl groups excluding tert-OH is 5. The molecule has 0 saturated carbocycles. The summed E-state index contributed by atoms with van der Waals surface area (Å²) in [4.78, 5) is 0. The number of halogens is 2. The van der Waals surface area contributed by atoms with Crippen molar-refractivity contribution in [3.63, 3.8) is 0 Å². The first kappa shape index (κ1) is 31.0. The first-order valence-electron chi connectivity index (χ1n) is 8.85. The average Bonchev–Trinajstić information content (AvgIpc) is 2.34. The smallest absolute Gasteiger partial charge is 0.0530 e. The summed E-state index contributed by atoms with van der Waals surface area (Å²) < 4.78 is 0. The Labute approximate surface area is 170 Å². The third-order valence-corrected chi connectivity index (χ3v) is 4.36. The number of nitrogens with one attached hydrogen (secondary N) is 1. The fraction of sp³-hybridized carbons (Fsp3) is 1.00. The molecule has 9 heteroatoms. The molecule has 0 bridgehead atoms. The summed E-state index contributed by atoms with van der Waals surface area (Å²) in [5.41, 5.74) is 4.76. The van der Waals surface area contributed by atoms with Crippen molar-refractivity contribution in [3.8, 4) is 0 Å². The molecule has 0 aromatic rings. The van der Waals surface area contributed by atoms with E-state index in [-0.39, 0.29) is 57.1 Å². The van der Waals surface area contributed by atoms with E-state index >= 15 is 0 Å². The topological polar surface area (TPSA) is 139 Å². The second kappa shape index (κ2) is 14.3. The van der Waals surface area contributed by atoms with Gasteiger partial charge >= 0.3 is 0 Å². The van der Waals surface area contributed by atoms with Crippen LogP contribution >= 0.6 is 24.8 Å². The van der Waals surface area contributed by atoms with Gasteiger partial charge < -0.3 is 36.6 Å². The maximum Gasteiger partial charge on any atom is 0.0530 e. The van der Waals surface area contributed by atoms with E-state index in [4.69, 9.17) is 10.8 Å². The van der Waals surface area contributed by atoms with Crippen LogP contribution in [-0.2, 0) is 0 Å². The maximum atomic E-state index is 10.0. The summed E-state index contributed by atoms with van der Waals surface area (Å²) >= 11 is 0. The number of nitrogens with two attached hydrogens (primary N) is 1. The van der Waals surface area contributed by atoms with E-state index < -0.39 is 35.5 Å². The zero-order valence-corrected chi connectivity index (χ0v) is 18.0. The SMILES string of the molecule is CC(O)CC(N)(CC(C)O)C(CC(C)O)(CC(C)O)NCCCO.Cl.Cl. The van der Waals surface area contributed by atoms with Crippen LogP contribution in [0.25, 0.3) is 0 Å². The summed E-state index contributed by atoms with van der Waals surface area (Å²) in [6.45, 7) is 7.02. The van der Waals surface area contributed by atoms with E-state index in [2.05, 4.69) is 5.32 Å². The van der Waals surface area contributed by atoms with Gasteiger partial charge in [0.05, 0.1) is 24.4 Å². The molecule has 0 aliphatic heterocycles. The van der Waals surface area contributed by atoms with Crippen LogP contribution in [0.4, 0.5) is 0 Å². The molecule has 26 heavy (non-hydrogen) atoms. The Bertz CT molecular complexity index is 325. The van der Waals surface area contributed by atoms with E-state index in [9.17, 15) is 20.4 Å². The standard InChI is InChI=1S/C17H38N2O5.2ClH/c1-12(21)8-16(18,9-13(2)22)17(10-14(3)23,11-15(4)24)19-6-5-7-20;;/h12-15,19-24H,5-11,18H2,1-4H3;2*1H. The van der Waals surface area contributed by atoms with E-state index in [1.165, 1.54) is 0 Å². The highest BCUT2D eigenvalue weighted by Crippen LogP contribution is 2.37. The van der Waals surface area contributed by atoms with Gasteiger partial charge in [0, 0.05) is 17.7 Å². The second-order valence-corrected chi connectivity index (χ2v) is 7.45. The lowest BCUT2D eigenvalue weighted by atomic mass is 9.65. The Morgan fingerprint density at radius 1 is 0.769 bits per heavy atom. The summed E-state index contributed by atoms with van der Waals surface area (Å²) in [5, 5.41) is 52.4. The fourth-order valence-electron chi connectivity index (χ4n) is 3.75. The predicted molar refractivity (Wildman–Crippen MR) is 109 cm³/mol. The third kappa shape index (κ3) is 10.6. The van der Waals surface area contributed by atoms with Gasteiger partial charge in [-0.1, -0.05) is 0 Å². The zero-order valence-electron chi connectivity index (χ0n) is 16.4. The van der Waals surface area contributed by atoms with Gasteiger partial charge in [-0.25, -0.2) is 0 Å². The van der Waals surface area contributed by atoms with Crippen LogP contribution in [0.5, 0.6) is 0 Å². The average molecular weight is 423 g/mol. The highest BCUT2D eigenvalue weighted by atomic mass is 35.5. The summed E-state index contributed by atoms with van der Waals surface area (Å²) in [7, 11) is 0. The van der Waals surface area contributed by atoms with Crippen molar-refractivity contribution in [1.82, 2.24) is 5.32 Å². The molecule has 0 amide bonds. The van der Waals surface area contributed by atoms with Crippen molar-refractivity contribution in [2.75, 3.05) is 13.2 Å². The molecule has 0 aromatic carbocycles.